The van der Waals surface area contributed by atoms with Crippen molar-refractivity contribution < 1.29 is 23.9 Å². The number of hydrogen-bond acceptors (Lipinski definition) is 5. The van der Waals surface area contributed by atoms with E-state index in [9.17, 15) is 14.4 Å². The summed E-state index contributed by atoms with van der Waals surface area (Å²) < 4.78 is 10.4. The first-order valence-corrected chi connectivity index (χ1v) is 8.31. The highest BCUT2D eigenvalue weighted by Crippen LogP contribution is 2.17. The van der Waals surface area contributed by atoms with Crippen LogP contribution >= 0.6 is 0 Å². The van der Waals surface area contributed by atoms with E-state index in [1.165, 1.54) is 24.3 Å². The molecule has 0 spiro atoms. The molecule has 0 amide bonds. The van der Waals surface area contributed by atoms with E-state index >= 15 is 0 Å². The zero-order valence-electron chi connectivity index (χ0n) is 16.2. The predicted molar refractivity (Wildman–Crippen MR) is 102 cm³/mol. The van der Waals surface area contributed by atoms with Gasteiger partial charge in [0, 0.05) is 17.7 Å². The Morgan fingerprint density at radius 1 is 0.808 bits per heavy atom. The maximum Gasteiger partial charge on any atom is 0.331 e. The van der Waals surface area contributed by atoms with Crippen molar-refractivity contribution >= 4 is 30.4 Å². The van der Waals surface area contributed by atoms with Gasteiger partial charge in [-0.3, -0.25) is 4.79 Å². The lowest BCUT2D eigenvalue weighted by molar-refractivity contribution is -0.149. The summed E-state index contributed by atoms with van der Waals surface area (Å²) in [6, 6.07) is 5.14. The highest BCUT2D eigenvalue weighted by molar-refractivity contribution is 5.94. The molecule has 0 atom stereocenters. The second-order valence-electron chi connectivity index (χ2n) is 7.70. The van der Waals surface area contributed by atoms with Crippen LogP contribution in [0.4, 0.5) is 0 Å². The number of esters is 2. The van der Waals surface area contributed by atoms with Crippen molar-refractivity contribution in [3.63, 3.8) is 0 Å². The molecule has 140 valence electrons. The number of carbonyl (C=O) groups is 3. The molecule has 1 aromatic rings. The van der Waals surface area contributed by atoms with Gasteiger partial charge >= 0.3 is 11.9 Å². The quantitative estimate of drug-likeness (QED) is 0.448. The lowest BCUT2D eigenvalue weighted by Gasteiger charge is -2.18. The van der Waals surface area contributed by atoms with Gasteiger partial charge in [0.25, 0.3) is 0 Å². The fourth-order valence-corrected chi connectivity index (χ4v) is 2.02. The van der Waals surface area contributed by atoms with Crippen LogP contribution in [0.25, 0.3) is 12.2 Å². The van der Waals surface area contributed by atoms with Crippen LogP contribution in [-0.4, -0.2) is 29.4 Å². The van der Waals surface area contributed by atoms with E-state index in [1.807, 2.05) is 0 Å². The first-order valence-electron chi connectivity index (χ1n) is 8.31. The average Bonchev–Trinajstić information content (AvgIpc) is 2.47. The molecule has 0 aliphatic carbocycles. The summed E-state index contributed by atoms with van der Waals surface area (Å²) in [5.74, 6) is -0.993. The van der Waals surface area contributed by atoms with Crippen molar-refractivity contribution in [3.8, 4) is 0 Å². The summed E-state index contributed by atoms with van der Waals surface area (Å²) in [4.78, 5) is 35.1. The van der Waals surface area contributed by atoms with Crippen molar-refractivity contribution in [2.24, 2.45) is 0 Å². The summed E-state index contributed by atoms with van der Waals surface area (Å²) in [6.07, 6.45) is 6.26. The van der Waals surface area contributed by atoms with Crippen molar-refractivity contribution in [1.82, 2.24) is 0 Å². The monoisotopic (exact) mass is 358 g/mol. The number of benzene rings is 1. The Morgan fingerprint density at radius 2 is 1.19 bits per heavy atom. The van der Waals surface area contributed by atoms with Crippen molar-refractivity contribution in [1.29, 1.82) is 0 Å². The zero-order valence-corrected chi connectivity index (χ0v) is 16.2. The number of hydrogen-bond donors (Lipinski definition) is 0. The Bertz CT molecular complexity index is 671. The van der Waals surface area contributed by atoms with Gasteiger partial charge in [-0.15, -0.1) is 0 Å². The number of aldehydes is 1. The molecule has 0 aromatic heterocycles. The van der Waals surface area contributed by atoms with Crippen LogP contribution in [-0.2, 0) is 19.1 Å². The Balaban J connectivity index is 3.01. The fourth-order valence-electron chi connectivity index (χ4n) is 2.02. The van der Waals surface area contributed by atoms with Gasteiger partial charge in [0.05, 0.1) is 0 Å². The molecule has 5 nitrogen and oxygen atoms in total. The highest BCUT2D eigenvalue weighted by Gasteiger charge is 2.15. The van der Waals surface area contributed by atoms with Crippen LogP contribution in [0, 0.1) is 0 Å². The number of rotatable bonds is 5. The minimum Gasteiger partial charge on any atom is -0.457 e. The number of ether oxygens (including phenoxy) is 2. The van der Waals surface area contributed by atoms with Crippen LogP contribution in [0.2, 0.25) is 0 Å². The third-order valence-electron chi connectivity index (χ3n) is 2.90. The van der Waals surface area contributed by atoms with Crippen LogP contribution in [0.5, 0.6) is 0 Å². The van der Waals surface area contributed by atoms with E-state index in [1.54, 1.807) is 59.7 Å². The summed E-state index contributed by atoms with van der Waals surface area (Å²) in [5, 5.41) is 0. The highest BCUT2D eigenvalue weighted by atomic mass is 16.6. The zero-order chi connectivity index (χ0) is 20.0. The first-order chi connectivity index (χ1) is 11.9. The minimum atomic E-state index is -0.590. The topological polar surface area (TPSA) is 69.7 Å². The Kier molecular flexibility index (Phi) is 7.07. The molecule has 0 saturated heterocycles. The van der Waals surface area contributed by atoms with Gasteiger partial charge in [-0.25, -0.2) is 9.59 Å². The molecule has 0 aliphatic heterocycles. The van der Waals surface area contributed by atoms with Gasteiger partial charge in [-0.05, 0) is 64.8 Å². The van der Waals surface area contributed by atoms with Gasteiger partial charge in [-0.2, -0.15) is 0 Å². The summed E-state index contributed by atoms with van der Waals surface area (Å²) in [5.41, 5.74) is 0.293. The smallest absolute Gasteiger partial charge is 0.331 e. The molecule has 26 heavy (non-hydrogen) atoms. The van der Waals surface area contributed by atoms with Gasteiger partial charge in [0.15, 0.2) is 6.29 Å². The normalized spacial score (nSPS) is 12.4. The summed E-state index contributed by atoms with van der Waals surface area (Å²) in [6.45, 7) is 10.7. The Morgan fingerprint density at radius 3 is 1.50 bits per heavy atom. The Labute approximate surface area is 154 Å². The second-order valence-corrected chi connectivity index (χ2v) is 7.70. The first kappa shape index (κ1) is 21.4. The van der Waals surface area contributed by atoms with Crippen molar-refractivity contribution in [2.75, 3.05) is 0 Å². The molecule has 5 heteroatoms. The largest absolute Gasteiger partial charge is 0.457 e. The van der Waals surface area contributed by atoms with Gasteiger partial charge < -0.3 is 9.47 Å². The summed E-state index contributed by atoms with van der Waals surface area (Å²) >= 11 is 0. The molecule has 0 fully saturated rings. The number of carbonyl (C=O) groups excluding carboxylic acids is 3. The van der Waals surface area contributed by atoms with Crippen LogP contribution in [0.1, 0.15) is 63.0 Å². The molecule has 0 unspecified atom stereocenters. The maximum absolute atomic E-state index is 11.8. The van der Waals surface area contributed by atoms with E-state index in [2.05, 4.69) is 0 Å². The molecule has 0 saturated carbocycles. The lowest BCUT2D eigenvalue weighted by atomic mass is 10.0. The average molecular weight is 358 g/mol. The van der Waals surface area contributed by atoms with Gasteiger partial charge in [0.2, 0.25) is 0 Å². The van der Waals surface area contributed by atoms with E-state index in [4.69, 9.17) is 9.47 Å². The van der Waals surface area contributed by atoms with E-state index < -0.39 is 23.1 Å². The molecule has 0 heterocycles. The van der Waals surface area contributed by atoms with E-state index in [0.717, 1.165) is 0 Å². The molecular formula is C21H26O5. The van der Waals surface area contributed by atoms with E-state index in [-0.39, 0.29) is 0 Å². The predicted octanol–water partition coefficient (Wildman–Crippen LogP) is 4.21. The van der Waals surface area contributed by atoms with E-state index in [0.29, 0.717) is 23.0 Å². The fraction of sp³-hybridized carbons (Fsp3) is 0.381. The van der Waals surface area contributed by atoms with Crippen LogP contribution in [0.3, 0.4) is 0 Å². The molecule has 0 radical (unpaired) electrons. The third-order valence-corrected chi connectivity index (χ3v) is 2.90. The third kappa shape index (κ3) is 7.92. The standard InChI is InChI=1S/C21H26O5/c1-20(2,3)25-18(23)12-10-15-8-7-9-16(17(15)14-22)11-13-19(24)26-21(4,5)6/h7-14H,1-6H3/b12-10+,13-11+. The molecule has 1 rings (SSSR count). The van der Waals surface area contributed by atoms with Crippen molar-refractivity contribution in [3.05, 3.63) is 47.0 Å². The summed E-state index contributed by atoms with van der Waals surface area (Å²) in [7, 11) is 0. The SMILES string of the molecule is CC(C)(C)OC(=O)/C=C/c1cccc(/C=C/C(=O)OC(C)(C)C)c1C=O. The van der Waals surface area contributed by atoms with Gasteiger partial charge in [0.1, 0.15) is 11.2 Å². The van der Waals surface area contributed by atoms with Crippen LogP contribution in [0.15, 0.2) is 30.4 Å². The minimum absolute atomic E-state index is 0.368. The maximum atomic E-state index is 11.8. The lowest BCUT2D eigenvalue weighted by Crippen LogP contribution is -2.22. The second kappa shape index (κ2) is 8.61. The molecular weight excluding hydrogens is 332 g/mol. The Hall–Kier alpha value is -2.69. The molecule has 0 N–H and O–H groups in total. The molecule has 1 aromatic carbocycles. The van der Waals surface area contributed by atoms with Crippen LogP contribution < -0.4 is 0 Å². The van der Waals surface area contributed by atoms with Gasteiger partial charge in [-0.1, -0.05) is 18.2 Å². The van der Waals surface area contributed by atoms with Crippen molar-refractivity contribution in [2.45, 2.75) is 52.7 Å². The molecule has 0 bridgehead atoms. The molecule has 0 aliphatic rings.